The summed E-state index contributed by atoms with van der Waals surface area (Å²) >= 11 is 12.0. The second kappa shape index (κ2) is 10.3. The van der Waals surface area contributed by atoms with Crippen molar-refractivity contribution in [1.29, 1.82) is 0 Å². The van der Waals surface area contributed by atoms with E-state index < -0.39 is 23.8 Å². The zero-order chi connectivity index (χ0) is 25.0. The number of hydrogen-bond donors (Lipinski definition) is 1. The average Bonchev–Trinajstić information content (AvgIpc) is 2.73. The fourth-order valence-electron chi connectivity index (χ4n) is 2.98. The molecule has 1 aromatic heterocycles. The third kappa shape index (κ3) is 6.39. The van der Waals surface area contributed by atoms with E-state index >= 15 is 0 Å². The molecule has 0 atom stereocenters. The van der Waals surface area contributed by atoms with Crippen molar-refractivity contribution >= 4 is 40.9 Å². The number of ether oxygens (including phenoxy) is 2. The smallest absolute Gasteiger partial charge is 0.487 e. The van der Waals surface area contributed by atoms with Gasteiger partial charge in [-0.1, -0.05) is 35.3 Å². The Kier molecular flexibility index (Phi) is 7.68. The summed E-state index contributed by atoms with van der Waals surface area (Å²) in [5, 5.41) is 3.03. The van der Waals surface area contributed by atoms with Gasteiger partial charge in [0.15, 0.2) is 5.75 Å². The first-order valence-electron chi connectivity index (χ1n) is 9.69. The van der Waals surface area contributed by atoms with E-state index in [1.807, 2.05) is 0 Å². The van der Waals surface area contributed by atoms with E-state index in [1.54, 1.807) is 26.0 Å². The number of esters is 1. The number of hydrogen-bond acceptors (Lipinski definition) is 5. The fraction of sp³-hybridized carbons (Fsp3) is 0.174. The minimum Gasteiger partial charge on any atom is -0.487 e. The lowest BCUT2D eigenvalue weighted by Crippen LogP contribution is -2.29. The Bertz CT molecular complexity index is 1230. The van der Waals surface area contributed by atoms with Gasteiger partial charge in [0.1, 0.15) is 18.2 Å². The Labute approximate surface area is 202 Å². The second-order valence-corrected chi connectivity index (χ2v) is 8.01. The number of nitrogens with zero attached hydrogens (tertiary/aromatic N) is 1. The first-order valence-corrected chi connectivity index (χ1v) is 10.4. The second-order valence-electron chi connectivity index (χ2n) is 7.17. The van der Waals surface area contributed by atoms with E-state index in [-0.39, 0.29) is 34.3 Å². The molecule has 1 N–H and O–H groups in total. The summed E-state index contributed by atoms with van der Waals surface area (Å²) in [6.07, 6.45) is -5.28. The molecule has 3 rings (SSSR count). The molecular formula is C23H17Cl2F3N2O4. The molecule has 2 aromatic carbocycles. The predicted octanol–water partition coefficient (Wildman–Crippen LogP) is 6.30. The van der Waals surface area contributed by atoms with Crippen molar-refractivity contribution < 1.29 is 32.2 Å². The molecule has 0 aliphatic rings. The Morgan fingerprint density at radius 3 is 2.47 bits per heavy atom. The summed E-state index contributed by atoms with van der Waals surface area (Å²) in [6, 6.07) is 11.8. The number of aryl methyl sites for hydroxylation is 2. The number of para-hydroxylation sites is 1. The van der Waals surface area contributed by atoms with Gasteiger partial charge in [0, 0.05) is 22.3 Å². The molecule has 0 saturated heterocycles. The van der Waals surface area contributed by atoms with Gasteiger partial charge in [0.25, 0.3) is 5.91 Å². The molecule has 1 heterocycles. The number of nitrogens with one attached hydrogen (secondary N) is 1. The van der Waals surface area contributed by atoms with E-state index in [4.69, 9.17) is 27.9 Å². The van der Waals surface area contributed by atoms with Crippen LogP contribution in [0.5, 0.6) is 11.5 Å². The Morgan fingerprint density at radius 1 is 1.06 bits per heavy atom. The molecule has 0 saturated carbocycles. The molecule has 0 unspecified atom stereocenters. The highest BCUT2D eigenvalue weighted by molar-refractivity contribution is 6.34. The molecule has 178 valence electrons. The van der Waals surface area contributed by atoms with Crippen LogP contribution in [0, 0.1) is 13.8 Å². The highest BCUT2D eigenvalue weighted by Crippen LogP contribution is 2.32. The van der Waals surface area contributed by atoms with Crippen LogP contribution >= 0.6 is 23.2 Å². The summed E-state index contributed by atoms with van der Waals surface area (Å²) in [7, 11) is 0. The fourth-order valence-corrected chi connectivity index (χ4v) is 3.31. The Balaban J connectivity index is 1.96. The van der Waals surface area contributed by atoms with Crippen molar-refractivity contribution in [3.63, 3.8) is 0 Å². The molecular weight excluding hydrogens is 496 g/mol. The maximum Gasteiger partial charge on any atom is 0.491 e. The third-order valence-corrected chi connectivity index (χ3v) is 4.93. The molecule has 1 amide bonds. The number of carbonyl (C=O) groups is 2. The number of anilines is 1. The Morgan fingerprint density at radius 2 is 1.79 bits per heavy atom. The topological polar surface area (TPSA) is 77.5 Å². The number of aromatic nitrogens is 1. The van der Waals surface area contributed by atoms with Gasteiger partial charge in [0.05, 0.1) is 10.6 Å². The van der Waals surface area contributed by atoms with Gasteiger partial charge in [-0.2, -0.15) is 13.2 Å². The molecule has 3 aromatic rings. The lowest BCUT2D eigenvalue weighted by atomic mass is 10.1. The van der Waals surface area contributed by atoms with Crippen LogP contribution in [0.4, 0.5) is 19.0 Å². The zero-order valence-electron chi connectivity index (χ0n) is 17.8. The van der Waals surface area contributed by atoms with Crippen molar-refractivity contribution in [2.45, 2.75) is 26.6 Å². The Hall–Kier alpha value is -3.30. The van der Waals surface area contributed by atoms with Crippen molar-refractivity contribution in [2.24, 2.45) is 0 Å². The first kappa shape index (κ1) is 25.3. The molecule has 0 fully saturated rings. The van der Waals surface area contributed by atoms with Gasteiger partial charge in [-0.3, -0.25) is 4.79 Å². The number of halogens is 5. The van der Waals surface area contributed by atoms with Crippen molar-refractivity contribution in [1.82, 2.24) is 4.98 Å². The van der Waals surface area contributed by atoms with Gasteiger partial charge in [0.2, 0.25) is 0 Å². The largest absolute Gasteiger partial charge is 0.491 e. The van der Waals surface area contributed by atoms with Crippen molar-refractivity contribution in [3.05, 3.63) is 81.0 Å². The molecule has 6 nitrogen and oxygen atoms in total. The number of alkyl halides is 3. The average molecular weight is 513 g/mol. The molecule has 0 bridgehead atoms. The summed E-state index contributed by atoms with van der Waals surface area (Å²) in [4.78, 5) is 28.7. The van der Waals surface area contributed by atoms with Crippen LogP contribution in [-0.2, 0) is 11.4 Å². The maximum absolute atomic E-state index is 12.9. The van der Waals surface area contributed by atoms with Crippen molar-refractivity contribution in [3.8, 4) is 11.5 Å². The lowest BCUT2D eigenvalue weighted by Gasteiger charge is -2.16. The number of amides is 1. The lowest BCUT2D eigenvalue weighted by molar-refractivity contribution is -0.189. The number of pyridine rings is 1. The molecule has 11 heteroatoms. The van der Waals surface area contributed by atoms with Crippen LogP contribution in [-0.4, -0.2) is 23.0 Å². The van der Waals surface area contributed by atoms with Gasteiger partial charge < -0.3 is 14.8 Å². The first-order chi connectivity index (χ1) is 15.9. The van der Waals surface area contributed by atoms with Gasteiger partial charge in [-0.25, -0.2) is 9.78 Å². The summed E-state index contributed by atoms with van der Waals surface area (Å²) in [5.74, 6) is -3.59. The SMILES string of the molecule is Cc1cc(C)nc(NC(=O)c2cccc(COc3cc(Cl)ccc3Cl)c2OC(=O)C(F)(F)F)c1. The summed E-state index contributed by atoms with van der Waals surface area (Å²) in [6.45, 7) is 3.14. The van der Waals surface area contributed by atoms with Gasteiger partial charge >= 0.3 is 12.1 Å². The quantitative estimate of drug-likeness (QED) is 0.309. The van der Waals surface area contributed by atoms with E-state index in [0.717, 1.165) is 5.56 Å². The number of rotatable bonds is 6. The molecule has 0 spiro atoms. The van der Waals surface area contributed by atoms with E-state index in [9.17, 15) is 22.8 Å². The van der Waals surface area contributed by atoms with Crippen LogP contribution in [0.1, 0.15) is 27.2 Å². The molecule has 0 aliphatic carbocycles. The molecule has 0 aliphatic heterocycles. The predicted molar refractivity (Wildman–Crippen MR) is 121 cm³/mol. The van der Waals surface area contributed by atoms with E-state index in [0.29, 0.717) is 10.7 Å². The minimum absolute atomic E-state index is 0.00493. The van der Waals surface area contributed by atoms with Crippen LogP contribution in [0.3, 0.4) is 0 Å². The van der Waals surface area contributed by atoms with E-state index in [1.165, 1.54) is 36.4 Å². The van der Waals surface area contributed by atoms with Crippen LogP contribution < -0.4 is 14.8 Å². The monoisotopic (exact) mass is 512 g/mol. The highest BCUT2D eigenvalue weighted by Gasteiger charge is 2.42. The molecule has 0 radical (unpaired) electrons. The van der Waals surface area contributed by atoms with Crippen molar-refractivity contribution in [2.75, 3.05) is 5.32 Å². The van der Waals surface area contributed by atoms with Crippen LogP contribution in [0.2, 0.25) is 10.0 Å². The minimum atomic E-state index is -5.28. The molecule has 34 heavy (non-hydrogen) atoms. The standard InChI is InChI=1S/C23H17Cl2F3N2O4/c1-12-8-13(2)29-19(9-12)30-21(31)16-5-3-4-14(20(16)34-22(32)23(26,27)28)11-33-18-10-15(24)6-7-17(18)25/h3-10H,11H2,1-2H3,(H,29,30,31). The summed E-state index contributed by atoms with van der Waals surface area (Å²) in [5.41, 5.74) is 1.11. The van der Waals surface area contributed by atoms with Gasteiger partial charge in [-0.05, 0) is 49.7 Å². The van der Waals surface area contributed by atoms with Gasteiger partial charge in [-0.15, -0.1) is 0 Å². The maximum atomic E-state index is 12.9. The normalized spacial score (nSPS) is 11.1. The number of benzene rings is 2. The third-order valence-electron chi connectivity index (χ3n) is 4.38. The zero-order valence-corrected chi connectivity index (χ0v) is 19.3. The highest BCUT2D eigenvalue weighted by atomic mass is 35.5. The van der Waals surface area contributed by atoms with Crippen LogP contribution in [0.15, 0.2) is 48.5 Å². The number of carbonyl (C=O) groups excluding carboxylic acids is 2. The summed E-state index contributed by atoms with van der Waals surface area (Å²) < 4.78 is 49.0. The van der Waals surface area contributed by atoms with Crippen LogP contribution in [0.25, 0.3) is 0 Å². The van der Waals surface area contributed by atoms with E-state index in [2.05, 4.69) is 15.0 Å².